The lowest BCUT2D eigenvalue weighted by Gasteiger charge is -2.10. The lowest BCUT2D eigenvalue weighted by molar-refractivity contribution is 0.0522. The van der Waals surface area contributed by atoms with Crippen molar-refractivity contribution < 1.29 is 9.53 Å². The summed E-state index contributed by atoms with van der Waals surface area (Å²) in [5.74, 6) is -0.117. The van der Waals surface area contributed by atoms with Gasteiger partial charge in [0.2, 0.25) is 0 Å². The van der Waals surface area contributed by atoms with Crippen LogP contribution < -0.4 is 5.56 Å². The molecule has 1 aromatic carbocycles. The molecular formula is C16H15N3O3S. The first-order chi connectivity index (χ1) is 11.2. The maximum Gasteiger partial charge on any atom is 0.345 e. The standard InChI is InChI=1S/C16H15N3O3S/c1-2-22-15(21)13-10-18-16(19(9-8-17)14(13)20)23-11-12-6-4-3-5-7-12/h3-7,10H,2,9,11H2,1H3. The summed E-state index contributed by atoms with van der Waals surface area (Å²) < 4.78 is 6.02. The van der Waals surface area contributed by atoms with Gasteiger partial charge in [0, 0.05) is 5.75 Å². The van der Waals surface area contributed by atoms with Crippen LogP contribution in [0.1, 0.15) is 22.8 Å². The van der Waals surface area contributed by atoms with Crippen molar-refractivity contribution >= 4 is 17.7 Å². The minimum absolute atomic E-state index is 0.161. The molecule has 0 fully saturated rings. The molecule has 0 unspecified atom stereocenters. The Morgan fingerprint density at radius 1 is 1.39 bits per heavy atom. The zero-order valence-electron chi connectivity index (χ0n) is 12.6. The lowest BCUT2D eigenvalue weighted by Crippen LogP contribution is -2.29. The lowest BCUT2D eigenvalue weighted by atomic mass is 10.2. The second kappa shape index (κ2) is 8.15. The average molecular weight is 329 g/mol. The Hall–Kier alpha value is -2.59. The Balaban J connectivity index is 2.29. The quantitative estimate of drug-likeness (QED) is 0.459. The molecular weight excluding hydrogens is 314 g/mol. The van der Waals surface area contributed by atoms with E-state index in [0.717, 1.165) is 5.56 Å². The molecule has 0 aliphatic rings. The van der Waals surface area contributed by atoms with E-state index in [1.54, 1.807) is 6.92 Å². The number of hydrogen-bond acceptors (Lipinski definition) is 6. The molecule has 0 amide bonds. The highest BCUT2D eigenvalue weighted by atomic mass is 32.2. The highest BCUT2D eigenvalue weighted by Crippen LogP contribution is 2.19. The highest BCUT2D eigenvalue weighted by Gasteiger charge is 2.17. The monoisotopic (exact) mass is 329 g/mol. The highest BCUT2D eigenvalue weighted by molar-refractivity contribution is 7.98. The minimum atomic E-state index is -0.726. The summed E-state index contributed by atoms with van der Waals surface area (Å²) in [4.78, 5) is 28.3. The molecule has 0 bridgehead atoms. The number of ether oxygens (including phenoxy) is 1. The van der Waals surface area contributed by atoms with Gasteiger partial charge < -0.3 is 4.74 Å². The number of rotatable bonds is 6. The van der Waals surface area contributed by atoms with Gasteiger partial charge in [0.05, 0.1) is 18.9 Å². The van der Waals surface area contributed by atoms with Crippen molar-refractivity contribution in [1.29, 1.82) is 5.26 Å². The number of nitrogens with zero attached hydrogens (tertiary/aromatic N) is 3. The molecule has 0 spiro atoms. The Bertz CT molecular complexity index is 781. The number of carbonyl (C=O) groups is 1. The summed E-state index contributed by atoms with van der Waals surface area (Å²) in [5, 5.41) is 9.32. The van der Waals surface area contributed by atoms with E-state index in [-0.39, 0.29) is 18.7 Å². The summed E-state index contributed by atoms with van der Waals surface area (Å²) in [7, 11) is 0. The molecule has 0 aliphatic carbocycles. The number of benzene rings is 1. The molecule has 1 heterocycles. The second-order valence-corrected chi connectivity index (χ2v) is 5.44. The van der Waals surface area contributed by atoms with Gasteiger partial charge in [0.25, 0.3) is 5.56 Å². The molecule has 0 aliphatic heterocycles. The Labute approximate surface area is 137 Å². The first-order valence-corrected chi connectivity index (χ1v) is 7.96. The predicted molar refractivity (Wildman–Crippen MR) is 86.1 cm³/mol. The topological polar surface area (TPSA) is 85.0 Å². The van der Waals surface area contributed by atoms with E-state index in [0.29, 0.717) is 10.9 Å². The van der Waals surface area contributed by atoms with Crippen LogP contribution in [0.4, 0.5) is 0 Å². The summed E-state index contributed by atoms with van der Waals surface area (Å²) in [5.41, 5.74) is 0.353. The SMILES string of the molecule is CCOC(=O)c1cnc(SCc2ccccc2)n(CC#N)c1=O. The zero-order chi connectivity index (χ0) is 16.7. The van der Waals surface area contributed by atoms with Crippen molar-refractivity contribution in [2.45, 2.75) is 24.4 Å². The van der Waals surface area contributed by atoms with Gasteiger partial charge in [0.1, 0.15) is 12.1 Å². The molecule has 7 heteroatoms. The smallest absolute Gasteiger partial charge is 0.345 e. The fraction of sp³-hybridized carbons (Fsp3) is 0.250. The Morgan fingerprint density at radius 2 is 2.13 bits per heavy atom. The van der Waals surface area contributed by atoms with Crippen LogP contribution in [-0.2, 0) is 17.0 Å². The third-order valence-corrected chi connectivity index (χ3v) is 4.01. The molecule has 0 radical (unpaired) electrons. The van der Waals surface area contributed by atoms with E-state index >= 15 is 0 Å². The van der Waals surface area contributed by atoms with Gasteiger partial charge in [-0.25, -0.2) is 9.78 Å². The third-order valence-electron chi connectivity index (χ3n) is 2.95. The fourth-order valence-corrected chi connectivity index (χ4v) is 2.79. The van der Waals surface area contributed by atoms with Gasteiger partial charge >= 0.3 is 5.97 Å². The van der Waals surface area contributed by atoms with Crippen LogP contribution >= 0.6 is 11.8 Å². The van der Waals surface area contributed by atoms with E-state index < -0.39 is 11.5 Å². The molecule has 2 aromatic rings. The van der Waals surface area contributed by atoms with Crippen molar-refractivity contribution in [2.24, 2.45) is 0 Å². The van der Waals surface area contributed by atoms with Gasteiger partial charge in [-0.1, -0.05) is 42.1 Å². The molecule has 1 aromatic heterocycles. The van der Waals surface area contributed by atoms with Crippen LogP contribution in [0.5, 0.6) is 0 Å². The normalized spacial score (nSPS) is 10.1. The van der Waals surface area contributed by atoms with Crippen LogP contribution in [0.25, 0.3) is 0 Å². The van der Waals surface area contributed by atoms with Crippen LogP contribution in [0, 0.1) is 11.3 Å². The minimum Gasteiger partial charge on any atom is -0.462 e. The number of hydrogen-bond donors (Lipinski definition) is 0. The van der Waals surface area contributed by atoms with Gasteiger partial charge in [0.15, 0.2) is 5.16 Å². The number of carbonyl (C=O) groups excluding carboxylic acids is 1. The van der Waals surface area contributed by atoms with Crippen molar-refractivity contribution in [1.82, 2.24) is 9.55 Å². The van der Waals surface area contributed by atoms with Crippen molar-refractivity contribution in [3.05, 3.63) is 58.0 Å². The van der Waals surface area contributed by atoms with Crippen LogP contribution in [0.15, 0.2) is 46.5 Å². The summed E-state index contributed by atoms with van der Waals surface area (Å²) in [6.07, 6.45) is 1.21. The van der Waals surface area contributed by atoms with E-state index in [1.807, 2.05) is 36.4 Å². The van der Waals surface area contributed by atoms with Crippen molar-refractivity contribution in [3.63, 3.8) is 0 Å². The van der Waals surface area contributed by atoms with E-state index in [4.69, 9.17) is 10.00 Å². The molecule has 6 nitrogen and oxygen atoms in total. The Kier molecular flexibility index (Phi) is 5.94. The fourth-order valence-electron chi connectivity index (χ4n) is 1.87. The van der Waals surface area contributed by atoms with Gasteiger partial charge in [-0.15, -0.1) is 0 Å². The van der Waals surface area contributed by atoms with Crippen LogP contribution in [-0.4, -0.2) is 22.1 Å². The second-order valence-electron chi connectivity index (χ2n) is 4.50. The molecule has 0 N–H and O–H groups in total. The number of thioether (sulfide) groups is 1. The summed E-state index contributed by atoms with van der Waals surface area (Å²) >= 11 is 1.34. The largest absolute Gasteiger partial charge is 0.462 e. The van der Waals surface area contributed by atoms with E-state index in [2.05, 4.69) is 4.98 Å². The maximum absolute atomic E-state index is 12.4. The maximum atomic E-state index is 12.4. The molecule has 23 heavy (non-hydrogen) atoms. The summed E-state index contributed by atoms with van der Waals surface area (Å²) in [6.45, 7) is 1.65. The number of esters is 1. The van der Waals surface area contributed by atoms with Crippen molar-refractivity contribution in [3.8, 4) is 6.07 Å². The predicted octanol–water partition coefficient (Wildman–Crippen LogP) is 2.24. The number of nitriles is 1. The molecule has 0 atom stereocenters. The van der Waals surface area contributed by atoms with Crippen LogP contribution in [0.2, 0.25) is 0 Å². The molecule has 118 valence electrons. The van der Waals surface area contributed by atoms with E-state index in [1.165, 1.54) is 22.5 Å². The van der Waals surface area contributed by atoms with E-state index in [9.17, 15) is 9.59 Å². The third kappa shape index (κ3) is 4.20. The molecule has 0 saturated heterocycles. The average Bonchev–Trinajstić information content (AvgIpc) is 2.56. The van der Waals surface area contributed by atoms with Crippen LogP contribution in [0.3, 0.4) is 0 Å². The Morgan fingerprint density at radius 3 is 2.78 bits per heavy atom. The summed E-state index contributed by atoms with van der Waals surface area (Å²) in [6, 6.07) is 11.6. The number of aromatic nitrogens is 2. The van der Waals surface area contributed by atoms with Gasteiger partial charge in [-0.05, 0) is 12.5 Å². The van der Waals surface area contributed by atoms with Gasteiger partial charge in [-0.2, -0.15) is 5.26 Å². The first-order valence-electron chi connectivity index (χ1n) is 6.98. The zero-order valence-corrected chi connectivity index (χ0v) is 13.4. The molecule has 2 rings (SSSR count). The first kappa shape index (κ1) is 16.8. The molecule has 0 saturated carbocycles. The van der Waals surface area contributed by atoms with Crippen molar-refractivity contribution in [2.75, 3.05) is 6.61 Å². The van der Waals surface area contributed by atoms with Gasteiger partial charge in [-0.3, -0.25) is 9.36 Å².